The Bertz CT molecular complexity index is 1050. The Balaban J connectivity index is 1.63. The normalized spacial score (nSPS) is 19.6. The third-order valence-corrected chi connectivity index (χ3v) is 6.49. The van der Waals surface area contributed by atoms with Crippen LogP contribution in [0, 0.1) is 0 Å². The molecule has 1 fully saturated rings. The topological polar surface area (TPSA) is 68.3 Å². The van der Waals surface area contributed by atoms with Crippen molar-refractivity contribution < 1.29 is 9.21 Å². The third kappa shape index (κ3) is 4.10. The van der Waals surface area contributed by atoms with Gasteiger partial charge in [-0.2, -0.15) is 0 Å². The molecule has 1 saturated heterocycles. The number of benzene rings is 1. The summed E-state index contributed by atoms with van der Waals surface area (Å²) in [5.74, 6) is 1.04. The van der Waals surface area contributed by atoms with Gasteiger partial charge in [-0.3, -0.25) is 14.2 Å². The SMILES string of the molecule is C[C@@H]1CCC[C@@H](C)N1C(=O)CSc1nc2ccccc2c(=O)n1Cc1ccco1. The molecule has 1 aromatic carbocycles. The molecule has 0 unspecified atom stereocenters. The van der Waals surface area contributed by atoms with Crippen molar-refractivity contribution in [3.05, 3.63) is 58.8 Å². The summed E-state index contributed by atoms with van der Waals surface area (Å²) in [6.45, 7) is 4.51. The van der Waals surface area contributed by atoms with Crippen molar-refractivity contribution >= 4 is 28.6 Å². The summed E-state index contributed by atoms with van der Waals surface area (Å²) in [7, 11) is 0. The number of carbonyl (C=O) groups is 1. The fourth-order valence-corrected chi connectivity index (χ4v) is 4.94. The van der Waals surface area contributed by atoms with E-state index in [0.29, 0.717) is 21.8 Å². The predicted octanol–water partition coefficient (Wildman–Crippen LogP) is 3.92. The standard InChI is InChI=1S/C22H25N3O3S/c1-15-7-5-8-16(2)25(15)20(26)14-29-22-23-19-11-4-3-10-18(19)21(27)24(22)13-17-9-6-12-28-17/h3-4,6,9-12,15-16H,5,7-8,13-14H2,1-2H3/t15-,16-/m1/s1. The molecule has 2 aromatic heterocycles. The Morgan fingerprint density at radius 3 is 2.66 bits per heavy atom. The number of nitrogens with zero attached hydrogens (tertiary/aromatic N) is 3. The zero-order valence-electron chi connectivity index (χ0n) is 16.7. The molecular formula is C22H25N3O3S. The molecule has 1 aliphatic heterocycles. The van der Waals surface area contributed by atoms with Crippen LogP contribution in [0.25, 0.3) is 10.9 Å². The Hall–Kier alpha value is -2.54. The van der Waals surface area contributed by atoms with Gasteiger partial charge in [-0.05, 0) is 57.4 Å². The highest BCUT2D eigenvalue weighted by Crippen LogP contribution is 2.25. The lowest BCUT2D eigenvalue weighted by molar-refractivity contribution is -0.134. The van der Waals surface area contributed by atoms with Crippen molar-refractivity contribution in [2.45, 2.75) is 56.9 Å². The van der Waals surface area contributed by atoms with E-state index in [2.05, 4.69) is 18.8 Å². The molecule has 0 bridgehead atoms. The smallest absolute Gasteiger partial charge is 0.262 e. The van der Waals surface area contributed by atoms with E-state index in [1.807, 2.05) is 29.2 Å². The number of amides is 1. The van der Waals surface area contributed by atoms with E-state index in [1.165, 1.54) is 11.8 Å². The van der Waals surface area contributed by atoms with Crippen LogP contribution in [0.4, 0.5) is 0 Å². The van der Waals surface area contributed by atoms with Crippen LogP contribution >= 0.6 is 11.8 Å². The van der Waals surface area contributed by atoms with Crippen molar-refractivity contribution in [2.24, 2.45) is 0 Å². The van der Waals surface area contributed by atoms with E-state index >= 15 is 0 Å². The molecule has 1 aliphatic rings. The molecule has 0 spiro atoms. The Morgan fingerprint density at radius 2 is 1.93 bits per heavy atom. The fourth-order valence-electron chi connectivity index (χ4n) is 4.07. The lowest BCUT2D eigenvalue weighted by atomic mass is 9.98. The maximum Gasteiger partial charge on any atom is 0.262 e. The fraction of sp³-hybridized carbons (Fsp3) is 0.409. The van der Waals surface area contributed by atoms with Gasteiger partial charge in [0.25, 0.3) is 5.56 Å². The second-order valence-electron chi connectivity index (χ2n) is 7.60. The van der Waals surface area contributed by atoms with Gasteiger partial charge >= 0.3 is 0 Å². The van der Waals surface area contributed by atoms with Crippen LogP contribution in [0.1, 0.15) is 38.9 Å². The quantitative estimate of drug-likeness (QED) is 0.470. The second kappa shape index (κ2) is 8.45. The van der Waals surface area contributed by atoms with Crippen molar-refractivity contribution in [2.75, 3.05) is 5.75 Å². The number of carbonyl (C=O) groups excluding carboxylic acids is 1. The lowest BCUT2D eigenvalue weighted by Crippen LogP contribution is -2.48. The van der Waals surface area contributed by atoms with Crippen molar-refractivity contribution in [1.82, 2.24) is 14.5 Å². The third-order valence-electron chi connectivity index (χ3n) is 5.53. The maximum absolute atomic E-state index is 13.1. The highest BCUT2D eigenvalue weighted by molar-refractivity contribution is 7.99. The van der Waals surface area contributed by atoms with Gasteiger partial charge in [0, 0.05) is 12.1 Å². The lowest BCUT2D eigenvalue weighted by Gasteiger charge is -2.39. The first-order chi connectivity index (χ1) is 14.0. The van der Waals surface area contributed by atoms with Gasteiger partial charge in [0.2, 0.25) is 5.91 Å². The Labute approximate surface area is 173 Å². The van der Waals surface area contributed by atoms with Crippen LogP contribution in [-0.4, -0.2) is 38.2 Å². The number of hydrogen-bond acceptors (Lipinski definition) is 5. The van der Waals surface area contributed by atoms with Crippen LogP contribution in [0.3, 0.4) is 0 Å². The average molecular weight is 412 g/mol. The van der Waals surface area contributed by atoms with E-state index < -0.39 is 0 Å². The van der Waals surface area contributed by atoms with E-state index in [1.54, 1.807) is 23.0 Å². The van der Waals surface area contributed by atoms with Crippen LogP contribution < -0.4 is 5.56 Å². The molecule has 7 heteroatoms. The molecule has 6 nitrogen and oxygen atoms in total. The molecule has 29 heavy (non-hydrogen) atoms. The first-order valence-corrected chi connectivity index (χ1v) is 11.0. The van der Waals surface area contributed by atoms with Gasteiger partial charge in [-0.25, -0.2) is 4.98 Å². The van der Waals surface area contributed by atoms with Crippen LogP contribution in [0.15, 0.2) is 57.0 Å². The summed E-state index contributed by atoms with van der Waals surface area (Å²) in [5, 5.41) is 1.10. The molecule has 0 aliphatic carbocycles. The summed E-state index contributed by atoms with van der Waals surface area (Å²) in [6.07, 6.45) is 4.83. The molecule has 2 atom stereocenters. The molecule has 0 N–H and O–H groups in total. The summed E-state index contributed by atoms with van der Waals surface area (Å²) < 4.78 is 7.04. The van der Waals surface area contributed by atoms with E-state index in [-0.39, 0.29) is 35.8 Å². The highest BCUT2D eigenvalue weighted by Gasteiger charge is 2.29. The number of rotatable bonds is 5. The summed E-state index contributed by atoms with van der Waals surface area (Å²) in [5.41, 5.74) is 0.518. The van der Waals surface area contributed by atoms with Crippen molar-refractivity contribution in [1.29, 1.82) is 0 Å². The molecule has 0 radical (unpaired) electrons. The average Bonchev–Trinajstić information content (AvgIpc) is 3.22. The largest absolute Gasteiger partial charge is 0.467 e. The number of thioether (sulfide) groups is 1. The summed E-state index contributed by atoms with van der Waals surface area (Å²) in [6, 6.07) is 11.4. The van der Waals surface area contributed by atoms with Crippen molar-refractivity contribution in [3.63, 3.8) is 0 Å². The minimum absolute atomic E-state index is 0.0988. The van der Waals surface area contributed by atoms with E-state index in [0.717, 1.165) is 19.3 Å². The van der Waals surface area contributed by atoms with Crippen LogP contribution in [0.2, 0.25) is 0 Å². The number of aromatic nitrogens is 2. The predicted molar refractivity (Wildman–Crippen MR) is 114 cm³/mol. The van der Waals surface area contributed by atoms with E-state index in [9.17, 15) is 9.59 Å². The number of fused-ring (bicyclic) bond motifs is 1. The number of hydrogen-bond donors (Lipinski definition) is 0. The molecular weight excluding hydrogens is 386 g/mol. The zero-order valence-corrected chi connectivity index (χ0v) is 17.5. The van der Waals surface area contributed by atoms with Gasteiger partial charge in [-0.1, -0.05) is 23.9 Å². The molecule has 3 heterocycles. The molecule has 1 amide bonds. The van der Waals surface area contributed by atoms with Gasteiger partial charge in [0.15, 0.2) is 5.16 Å². The zero-order chi connectivity index (χ0) is 20.4. The highest BCUT2D eigenvalue weighted by atomic mass is 32.2. The minimum atomic E-state index is -0.123. The van der Waals surface area contributed by atoms with Crippen LogP contribution in [-0.2, 0) is 11.3 Å². The second-order valence-corrected chi connectivity index (χ2v) is 8.54. The monoisotopic (exact) mass is 411 g/mol. The minimum Gasteiger partial charge on any atom is -0.467 e. The number of para-hydroxylation sites is 1. The molecule has 4 rings (SSSR count). The molecule has 152 valence electrons. The van der Waals surface area contributed by atoms with Crippen LogP contribution in [0.5, 0.6) is 0 Å². The van der Waals surface area contributed by atoms with Gasteiger partial charge in [-0.15, -0.1) is 0 Å². The van der Waals surface area contributed by atoms with E-state index in [4.69, 9.17) is 4.42 Å². The Morgan fingerprint density at radius 1 is 1.17 bits per heavy atom. The number of likely N-dealkylation sites (tertiary alicyclic amines) is 1. The number of furan rings is 1. The Kier molecular flexibility index (Phi) is 5.76. The van der Waals surface area contributed by atoms with Gasteiger partial charge < -0.3 is 9.32 Å². The maximum atomic E-state index is 13.1. The summed E-state index contributed by atoms with van der Waals surface area (Å²) >= 11 is 1.32. The van der Waals surface area contributed by atoms with Gasteiger partial charge in [0.1, 0.15) is 5.76 Å². The molecule has 3 aromatic rings. The molecule has 0 saturated carbocycles. The number of piperidine rings is 1. The first-order valence-electron chi connectivity index (χ1n) is 10.0. The van der Waals surface area contributed by atoms with Crippen molar-refractivity contribution in [3.8, 4) is 0 Å². The van der Waals surface area contributed by atoms with Gasteiger partial charge in [0.05, 0.1) is 29.5 Å². The first kappa shape index (κ1) is 19.8. The summed E-state index contributed by atoms with van der Waals surface area (Å²) in [4.78, 5) is 32.7.